The maximum Gasteiger partial charge on any atom is 0.411 e. The Bertz CT molecular complexity index is 617. The van der Waals surface area contributed by atoms with Gasteiger partial charge in [0.05, 0.1) is 13.2 Å². The third-order valence-electron chi connectivity index (χ3n) is 3.69. The van der Waals surface area contributed by atoms with E-state index in [1.165, 1.54) is 0 Å². The van der Waals surface area contributed by atoms with Crippen LogP contribution in [0.1, 0.15) is 31.4 Å². The lowest BCUT2D eigenvalue weighted by Crippen LogP contribution is -2.38. The minimum atomic E-state index is -4.29. The molecule has 0 aliphatic rings. The van der Waals surface area contributed by atoms with Crippen LogP contribution in [0.3, 0.4) is 0 Å². The number of nitrogens with zero attached hydrogens (tertiary/aromatic N) is 1. The predicted octanol–water partition coefficient (Wildman–Crippen LogP) is 4.05. The lowest BCUT2D eigenvalue weighted by molar-refractivity contribution is -0.173. The number of benzene rings is 1. The zero-order valence-electron chi connectivity index (χ0n) is 17.8. The van der Waals surface area contributed by atoms with Gasteiger partial charge in [0, 0.05) is 31.9 Å². The quantitative estimate of drug-likeness (QED) is 0.169. The van der Waals surface area contributed by atoms with Crippen molar-refractivity contribution < 1.29 is 27.4 Å². The Morgan fingerprint density at radius 3 is 2.50 bits per heavy atom. The molecule has 0 amide bonds. The molecule has 10 heteroatoms. The van der Waals surface area contributed by atoms with Gasteiger partial charge in [-0.3, -0.25) is 0 Å². The number of guanidine groups is 1. The van der Waals surface area contributed by atoms with Gasteiger partial charge in [-0.05, 0) is 38.8 Å². The zero-order valence-corrected chi connectivity index (χ0v) is 20.1. The molecule has 1 aromatic rings. The van der Waals surface area contributed by atoms with Crippen LogP contribution in [-0.4, -0.2) is 58.3 Å². The predicted molar refractivity (Wildman–Crippen MR) is 123 cm³/mol. The highest BCUT2D eigenvalue weighted by Crippen LogP contribution is 2.21. The lowest BCUT2D eigenvalue weighted by atomic mass is 10.1. The fourth-order valence-corrected chi connectivity index (χ4v) is 2.36. The monoisotopic (exact) mass is 547 g/mol. The average Bonchev–Trinajstić information content (AvgIpc) is 2.66. The van der Waals surface area contributed by atoms with Gasteiger partial charge in [0.1, 0.15) is 19.0 Å². The van der Waals surface area contributed by atoms with E-state index in [1.807, 2.05) is 39.0 Å². The molecule has 0 fully saturated rings. The fraction of sp³-hybridized carbons (Fsp3) is 0.650. The number of alkyl halides is 3. The standard InChI is InChI=1S/C20H32F3N3O3.HI/c1-4-24-19(25-9-6-10-28-15-20(21,22)23)26-14-17-8-7-16(3)13-18(17)29-12-11-27-5-2;/h7-8,13H,4-6,9-12,14-15H2,1-3H3,(H2,24,25,26);1H. The summed E-state index contributed by atoms with van der Waals surface area (Å²) in [6, 6.07) is 5.94. The van der Waals surface area contributed by atoms with Gasteiger partial charge in [0.15, 0.2) is 5.96 Å². The molecule has 0 spiro atoms. The molecule has 0 bridgehead atoms. The second kappa shape index (κ2) is 16.4. The van der Waals surface area contributed by atoms with E-state index in [2.05, 4.69) is 20.4 Å². The number of halogens is 4. The van der Waals surface area contributed by atoms with Gasteiger partial charge in [-0.1, -0.05) is 12.1 Å². The molecule has 0 aliphatic heterocycles. The van der Waals surface area contributed by atoms with Crippen molar-refractivity contribution in [1.29, 1.82) is 0 Å². The summed E-state index contributed by atoms with van der Waals surface area (Å²) in [6.07, 6.45) is -3.85. The van der Waals surface area contributed by atoms with E-state index in [0.717, 1.165) is 16.9 Å². The van der Waals surface area contributed by atoms with E-state index in [-0.39, 0.29) is 30.6 Å². The highest BCUT2D eigenvalue weighted by Gasteiger charge is 2.27. The molecule has 174 valence electrons. The summed E-state index contributed by atoms with van der Waals surface area (Å²) >= 11 is 0. The SMILES string of the molecule is CCNC(=NCc1ccc(C)cc1OCCOCC)NCCCOCC(F)(F)F.I. The Morgan fingerprint density at radius 2 is 1.83 bits per heavy atom. The average molecular weight is 547 g/mol. The van der Waals surface area contributed by atoms with Gasteiger partial charge >= 0.3 is 6.18 Å². The normalized spacial score (nSPS) is 11.7. The number of hydrogen-bond donors (Lipinski definition) is 2. The van der Waals surface area contributed by atoms with Crippen molar-refractivity contribution in [1.82, 2.24) is 10.6 Å². The van der Waals surface area contributed by atoms with Gasteiger partial charge < -0.3 is 24.8 Å². The van der Waals surface area contributed by atoms with Gasteiger partial charge in [0.2, 0.25) is 0 Å². The second-order valence-electron chi connectivity index (χ2n) is 6.30. The van der Waals surface area contributed by atoms with Crippen LogP contribution in [-0.2, 0) is 16.0 Å². The zero-order chi connectivity index (χ0) is 21.5. The lowest BCUT2D eigenvalue weighted by Gasteiger charge is -2.14. The van der Waals surface area contributed by atoms with Crippen LogP contribution in [0.15, 0.2) is 23.2 Å². The summed E-state index contributed by atoms with van der Waals surface area (Å²) < 4.78 is 51.8. The smallest absolute Gasteiger partial charge is 0.411 e. The van der Waals surface area contributed by atoms with Crippen LogP contribution in [0.4, 0.5) is 13.2 Å². The third-order valence-corrected chi connectivity index (χ3v) is 3.69. The van der Waals surface area contributed by atoms with Crippen LogP contribution in [0, 0.1) is 6.92 Å². The molecule has 0 heterocycles. The number of rotatable bonds is 13. The molecule has 0 aliphatic carbocycles. The summed E-state index contributed by atoms with van der Waals surface area (Å²) in [5.41, 5.74) is 2.03. The molecule has 0 radical (unpaired) electrons. The molecule has 0 saturated carbocycles. The summed E-state index contributed by atoms with van der Waals surface area (Å²) in [6.45, 7) is 7.84. The Hall–Kier alpha value is -1.27. The highest BCUT2D eigenvalue weighted by molar-refractivity contribution is 14.0. The third kappa shape index (κ3) is 13.9. The molecule has 0 atom stereocenters. The summed E-state index contributed by atoms with van der Waals surface area (Å²) in [7, 11) is 0. The largest absolute Gasteiger partial charge is 0.491 e. The van der Waals surface area contributed by atoms with E-state index in [0.29, 0.717) is 51.8 Å². The Kier molecular flexibility index (Phi) is 15.7. The number of aliphatic imine (C=N–C) groups is 1. The molecule has 0 saturated heterocycles. The van der Waals surface area contributed by atoms with Crippen molar-refractivity contribution in [3.63, 3.8) is 0 Å². The van der Waals surface area contributed by atoms with E-state index in [1.54, 1.807) is 0 Å². The molecule has 0 unspecified atom stereocenters. The summed E-state index contributed by atoms with van der Waals surface area (Å²) in [5.74, 6) is 1.36. The molecule has 6 nitrogen and oxygen atoms in total. The topological polar surface area (TPSA) is 64.1 Å². The first kappa shape index (κ1) is 28.7. The summed E-state index contributed by atoms with van der Waals surface area (Å²) in [4.78, 5) is 4.54. The van der Waals surface area contributed by atoms with Crippen LogP contribution in [0.25, 0.3) is 0 Å². The van der Waals surface area contributed by atoms with Gasteiger partial charge in [0.25, 0.3) is 0 Å². The van der Waals surface area contributed by atoms with E-state index in [4.69, 9.17) is 9.47 Å². The van der Waals surface area contributed by atoms with Gasteiger partial charge in [-0.2, -0.15) is 13.2 Å². The molecular weight excluding hydrogens is 514 g/mol. The van der Waals surface area contributed by atoms with Crippen LogP contribution < -0.4 is 15.4 Å². The van der Waals surface area contributed by atoms with Crippen molar-refractivity contribution in [2.75, 3.05) is 46.1 Å². The van der Waals surface area contributed by atoms with E-state index >= 15 is 0 Å². The number of nitrogens with one attached hydrogen (secondary N) is 2. The minimum Gasteiger partial charge on any atom is -0.491 e. The first-order valence-electron chi connectivity index (χ1n) is 9.82. The first-order valence-corrected chi connectivity index (χ1v) is 9.82. The molecular formula is C20H33F3IN3O3. The molecule has 0 aromatic heterocycles. The maximum atomic E-state index is 12.0. The van der Waals surface area contributed by atoms with E-state index in [9.17, 15) is 13.2 Å². The van der Waals surface area contributed by atoms with Gasteiger partial charge in [-0.15, -0.1) is 24.0 Å². The van der Waals surface area contributed by atoms with Crippen LogP contribution in [0.5, 0.6) is 5.75 Å². The Morgan fingerprint density at radius 1 is 1.07 bits per heavy atom. The fourth-order valence-electron chi connectivity index (χ4n) is 2.36. The number of ether oxygens (including phenoxy) is 3. The van der Waals surface area contributed by atoms with Crippen molar-refractivity contribution in [3.8, 4) is 5.75 Å². The van der Waals surface area contributed by atoms with E-state index < -0.39 is 12.8 Å². The second-order valence-corrected chi connectivity index (χ2v) is 6.30. The Balaban J connectivity index is 0.00000841. The van der Waals surface area contributed by atoms with Gasteiger partial charge in [-0.25, -0.2) is 4.99 Å². The summed E-state index contributed by atoms with van der Waals surface area (Å²) in [5, 5.41) is 6.21. The van der Waals surface area contributed by atoms with Crippen molar-refractivity contribution >= 4 is 29.9 Å². The van der Waals surface area contributed by atoms with Crippen molar-refractivity contribution in [3.05, 3.63) is 29.3 Å². The van der Waals surface area contributed by atoms with Crippen molar-refractivity contribution in [2.24, 2.45) is 4.99 Å². The molecule has 30 heavy (non-hydrogen) atoms. The molecule has 1 rings (SSSR count). The van der Waals surface area contributed by atoms with Crippen LogP contribution >= 0.6 is 24.0 Å². The maximum absolute atomic E-state index is 12.0. The van der Waals surface area contributed by atoms with Crippen LogP contribution in [0.2, 0.25) is 0 Å². The first-order chi connectivity index (χ1) is 13.9. The Labute approximate surface area is 194 Å². The highest BCUT2D eigenvalue weighted by atomic mass is 127. The number of hydrogen-bond acceptors (Lipinski definition) is 4. The van der Waals surface area contributed by atoms with Crippen molar-refractivity contribution in [2.45, 2.75) is 39.9 Å². The molecule has 2 N–H and O–H groups in total. The number of aryl methyl sites for hydroxylation is 1. The molecule has 1 aromatic carbocycles. The minimum absolute atomic E-state index is 0.